The number of nitrogens with one attached hydrogen (secondary N) is 1. The molecule has 9 heteroatoms. The number of hydrogen-bond donors (Lipinski definition) is 1. The van der Waals surface area contributed by atoms with Gasteiger partial charge in [0.05, 0.1) is 5.75 Å². The molecule has 0 unspecified atom stereocenters. The van der Waals surface area contributed by atoms with Gasteiger partial charge in [0.15, 0.2) is 15.8 Å². The molecule has 1 amide bonds. The Labute approximate surface area is 167 Å². The minimum absolute atomic E-state index is 0.0468. The van der Waals surface area contributed by atoms with E-state index in [9.17, 15) is 4.79 Å². The van der Waals surface area contributed by atoms with Crippen LogP contribution in [0.3, 0.4) is 0 Å². The summed E-state index contributed by atoms with van der Waals surface area (Å²) in [6.07, 6.45) is 2.24. The molecule has 0 spiro atoms. The van der Waals surface area contributed by atoms with Crippen molar-refractivity contribution in [3.8, 4) is 11.5 Å². The number of carbonyl (C=O) groups is 1. The summed E-state index contributed by atoms with van der Waals surface area (Å²) >= 11 is 2.90. The standard InChI is InChI=1S/C18H24N4O3S2/c1-3-4-7-19-17-20-21-18(27-17)26-12-16(23)22(2)11-13-5-6-14-15(10-13)25-9-8-24-14/h5-6,10H,3-4,7-9,11-12H2,1-2H3,(H,19,20). The van der Waals surface area contributed by atoms with Crippen LogP contribution < -0.4 is 14.8 Å². The van der Waals surface area contributed by atoms with Gasteiger partial charge in [0.1, 0.15) is 13.2 Å². The molecule has 0 aliphatic carbocycles. The van der Waals surface area contributed by atoms with Crippen LogP contribution in [0.1, 0.15) is 25.3 Å². The van der Waals surface area contributed by atoms with Gasteiger partial charge in [-0.25, -0.2) is 0 Å². The molecular formula is C18H24N4O3S2. The normalized spacial score (nSPS) is 12.7. The van der Waals surface area contributed by atoms with Crippen molar-refractivity contribution in [3.05, 3.63) is 23.8 Å². The fourth-order valence-corrected chi connectivity index (χ4v) is 4.21. The number of aromatic nitrogens is 2. The van der Waals surface area contributed by atoms with Crippen molar-refractivity contribution in [2.24, 2.45) is 0 Å². The van der Waals surface area contributed by atoms with Gasteiger partial charge in [0.25, 0.3) is 0 Å². The Kier molecular flexibility index (Phi) is 7.17. The molecule has 1 aliphatic heterocycles. The Balaban J connectivity index is 1.46. The van der Waals surface area contributed by atoms with Gasteiger partial charge in [-0.15, -0.1) is 10.2 Å². The van der Waals surface area contributed by atoms with E-state index < -0.39 is 0 Å². The quantitative estimate of drug-likeness (QED) is 0.504. The second kappa shape index (κ2) is 9.80. The van der Waals surface area contributed by atoms with Crippen molar-refractivity contribution in [1.82, 2.24) is 15.1 Å². The highest BCUT2D eigenvalue weighted by atomic mass is 32.2. The first kappa shape index (κ1) is 19.8. The molecule has 0 saturated carbocycles. The molecule has 0 fully saturated rings. The maximum Gasteiger partial charge on any atom is 0.233 e. The highest BCUT2D eigenvalue weighted by Crippen LogP contribution is 2.31. The van der Waals surface area contributed by atoms with E-state index in [1.807, 2.05) is 18.2 Å². The molecule has 7 nitrogen and oxygen atoms in total. The Hall–Kier alpha value is -2.00. The number of hydrogen-bond acceptors (Lipinski definition) is 8. The molecule has 2 heterocycles. The van der Waals surface area contributed by atoms with Crippen LogP contribution in [-0.2, 0) is 11.3 Å². The van der Waals surface area contributed by atoms with Gasteiger partial charge in [0.2, 0.25) is 11.0 Å². The second-order valence-electron chi connectivity index (χ2n) is 6.17. The van der Waals surface area contributed by atoms with Gasteiger partial charge in [-0.1, -0.05) is 42.5 Å². The molecule has 0 bridgehead atoms. The van der Waals surface area contributed by atoms with E-state index in [2.05, 4.69) is 22.4 Å². The highest BCUT2D eigenvalue weighted by Gasteiger charge is 2.15. The van der Waals surface area contributed by atoms with Crippen molar-refractivity contribution in [1.29, 1.82) is 0 Å². The van der Waals surface area contributed by atoms with Crippen LogP contribution in [0, 0.1) is 0 Å². The van der Waals surface area contributed by atoms with Crippen molar-refractivity contribution >= 4 is 34.1 Å². The largest absolute Gasteiger partial charge is 0.486 e. The number of fused-ring (bicyclic) bond motifs is 1. The van der Waals surface area contributed by atoms with Gasteiger partial charge in [-0.2, -0.15) is 0 Å². The molecule has 1 aromatic heterocycles. The fourth-order valence-electron chi connectivity index (χ4n) is 2.49. The van der Waals surface area contributed by atoms with E-state index in [1.165, 1.54) is 23.1 Å². The first-order chi connectivity index (χ1) is 13.2. The number of unbranched alkanes of at least 4 members (excludes halogenated alkanes) is 1. The van der Waals surface area contributed by atoms with Crippen LogP contribution in [0.25, 0.3) is 0 Å². The summed E-state index contributed by atoms with van der Waals surface area (Å²) in [6, 6.07) is 5.79. The van der Waals surface area contributed by atoms with Gasteiger partial charge in [-0.05, 0) is 24.1 Å². The lowest BCUT2D eigenvalue weighted by Crippen LogP contribution is -2.27. The van der Waals surface area contributed by atoms with Crippen LogP contribution in [0.4, 0.5) is 5.13 Å². The summed E-state index contributed by atoms with van der Waals surface area (Å²) in [5.74, 6) is 1.88. The Morgan fingerprint density at radius 1 is 1.30 bits per heavy atom. The fraction of sp³-hybridized carbons (Fsp3) is 0.500. The highest BCUT2D eigenvalue weighted by molar-refractivity contribution is 8.01. The number of carbonyl (C=O) groups excluding carboxylic acids is 1. The summed E-state index contributed by atoms with van der Waals surface area (Å²) in [5, 5.41) is 12.3. The predicted molar refractivity (Wildman–Crippen MR) is 108 cm³/mol. The Morgan fingerprint density at radius 2 is 2.11 bits per heavy atom. The topological polar surface area (TPSA) is 76.6 Å². The Bertz CT molecular complexity index is 769. The third-order valence-electron chi connectivity index (χ3n) is 3.98. The zero-order valence-electron chi connectivity index (χ0n) is 15.6. The number of benzene rings is 1. The van der Waals surface area contributed by atoms with Crippen LogP contribution >= 0.6 is 23.1 Å². The van der Waals surface area contributed by atoms with E-state index in [1.54, 1.807) is 11.9 Å². The number of thioether (sulfide) groups is 1. The molecule has 0 atom stereocenters. The minimum atomic E-state index is 0.0468. The zero-order valence-corrected chi connectivity index (χ0v) is 17.2. The summed E-state index contributed by atoms with van der Waals surface area (Å²) in [5.41, 5.74) is 1.01. The van der Waals surface area contributed by atoms with Crippen LogP contribution in [0.5, 0.6) is 11.5 Å². The number of rotatable bonds is 9. The third-order valence-corrected chi connectivity index (χ3v) is 5.98. The number of amides is 1. The summed E-state index contributed by atoms with van der Waals surface area (Å²) in [7, 11) is 1.80. The monoisotopic (exact) mass is 408 g/mol. The van der Waals surface area contributed by atoms with E-state index in [4.69, 9.17) is 9.47 Å². The predicted octanol–water partition coefficient (Wildman–Crippen LogP) is 3.27. The maximum atomic E-state index is 12.4. The Morgan fingerprint density at radius 3 is 2.93 bits per heavy atom. The lowest BCUT2D eigenvalue weighted by Gasteiger charge is -2.21. The molecule has 146 valence electrons. The smallest absolute Gasteiger partial charge is 0.233 e. The number of anilines is 1. The van der Waals surface area contributed by atoms with Crippen LogP contribution in [0.2, 0.25) is 0 Å². The van der Waals surface area contributed by atoms with Crippen molar-refractivity contribution in [3.63, 3.8) is 0 Å². The van der Waals surface area contributed by atoms with Gasteiger partial charge in [-0.3, -0.25) is 4.79 Å². The first-order valence-corrected chi connectivity index (χ1v) is 10.8. The molecule has 27 heavy (non-hydrogen) atoms. The average molecular weight is 409 g/mol. The van der Waals surface area contributed by atoms with Gasteiger partial charge < -0.3 is 19.7 Å². The first-order valence-electron chi connectivity index (χ1n) is 8.98. The molecule has 0 radical (unpaired) electrons. The van der Waals surface area contributed by atoms with E-state index in [0.717, 1.165) is 45.9 Å². The summed E-state index contributed by atoms with van der Waals surface area (Å²) < 4.78 is 11.9. The molecule has 1 N–H and O–H groups in total. The van der Waals surface area contributed by atoms with Gasteiger partial charge >= 0.3 is 0 Å². The van der Waals surface area contributed by atoms with E-state index >= 15 is 0 Å². The van der Waals surface area contributed by atoms with Crippen LogP contribution in [0.15, 0.2) is 22.5 Å². The molecule has 3 rings (SSSR count). The van der Waals surface area contributed by atoms with E-state index in [-0.39, 0.29) is 5.91 Å². The lowest BCUT2D eigenvalue weighted by atomic mass is 10.2. The summed E-state index contributed by atoms with van der Waals surface area (Å²) in [4.78, 5) is 14.1. The van der Waals surface area contributed by atoms with Crippen molar-refractivity contribution < 1.29 is 14.3 Å². The lowest BCUT2D eigenvalue weighted by molar-refractivity contribution is -0.127. The zero-order chi connectivity index (χ0) is 19.1. The molecule has 1 aromatic carbocycles. The second-order valence-corrected chi connectivity index (χ2v) is 8.37. The number of nitrogens with zero attached hydrogens (tertiary/aromatic N) is 3. The van der Waals surface area contributed by atoms with Crippen molar-refractivity contribution in [2.45, 2.75) is 30.6 Å². The molecule has 2 aromatic rings. The maximum absolute atomic E-state index is 12.4. The molecule has 1 aliphatic rings. The van der Waals surface area contributed by atoms with E-state index in [0.29, 0.717) is 25.5 Å². The van der Waals surface area contributed by atoms with Gasteiger partial charge in [0, 0.05) is 20.1 Å². The number of ether oxygens (including phenoxy) is 2. The van der Waals surface area contributed by atoms with Crippen LogP contribution in [-0.4, -0.2) is 53.6 Å². The molecule has 0 saturated heterocycles. The SMILES string of the molecule is CCCCNc1nnc(SCC(=O)N(C)Cc2ccc3c(c2)OCCO3)s1. The average Bonchev–Trinajstić information content (AvgIpc) is 3.14. The molecular weight excluding hydrogens is 384 g/mol. The summed E-state index contributed by atoms with van der Waals surface area (Å²) in [6.45, 7) is 4.70. The minimum Gasteiger partial charge on any atom is -0.486 e. The van der Waals surface area contributed by atoms with Crippen molar-refractivity contribution in [2.75, 3.05) is 37.9 Å². The third kappa shape index (κ3) is 5.74.